The van der Waals surface area contributed by atoms with E-state index >= 15 is 0 Å². The quantitative estimate of drug-likeness (QED) is 0.850. The summed E-state index contributed by atoms with van der Waals surface area (Å²) < 4.78 is 18.5. The first-order chi connectivity index (χ1) is 11.5. The lowest BCUT2D eigenvalue weighted by molar-refractivity contribution is 0.161. The van der Waals surface area contributed by atoms with Gasteiger partial charge in [0.25, 0.3) is 0 Å². The highest BCUT2D eigenvalue weighted by Gasteiger charge is 2.45. The highest BCUT2D eigenvalue weighted by atomic mass is 16.6. The average molecular weight is 330 g/mol. The molecule has 0 aliphatic carbocycles. The fourth-order valence-corrected chi connectivity index (χ4v) is 3.24. The number of nitrogens with zero attached hydrogens (tertiary/aromatic N) is 3. The zero-order valence-electron chi connectivity index (χ0n) is 14.4. The Hall–Kier alpha value is -2.28. The number of hydrogen-bond acceptors (Lipinski definition) is 6. The van der Waals surface area contributed by atoms with Crippen LogP contribution in [0.5, 0.6) is 0 Å². The Bertz CT molecular complexity index is 772. The lowest BCUT2D eigenvalue weighted by Crippen LogP contribution is -2.10. The van der Waals surface area contributed by atoms with Crippen molar-refractivity contribution >= 4 is 5.82 Å². The van der Waals surface area contributed by atoms with E-state index in [2.05, 4.69) is 22.5 Å². The first-order valence-electron chi connectivity index (χ1n) is 8.24. The van der Waals surface area contributed by atoms with Gasteiger partial charge >= 0.3 is 0 Å². The molecule has 2 aromatic rings. The number of aromatic nitrogens is 3. The van der Waals surface area contributed by atoms with Crippen LogP contribution in [-0.2, 0) is 16.0 Å². The molecular weight excluding hydrogens is 308 g/mol. The van der Waals surface area contributed by atoms with E-state index in [1.807, 2.05) is 37.7 Å². The molecule has 4 rings (SSSR count). The van der Waals surface area contributed by atoms with Gasteiger partial charge in [0.1, 0.15) is 17.7 Å². The Kier molecular flexibility index (Phi) is 3.60. The number of nitrogens with one attached hydrogen (secondary N) is 1. The molecule has 0 saturated carbocycles. The molecule has 3 unspecified atom stereocenters. The van der Waals surface area contributed by atoms with E-state index in [4.69, 9.17) is 14.0 Å². The van der Waals surface area contributed by atoms with Crippen LogP contribution in [0.4, 0.5) is 5.82 Å². The predicted molar refractivity (Wildman–Crippen MR) is 87.5 cm³/mol. The maximum absolute atomic E-state index is 5.75. The summed E-state index contributed by atoms with van der Waals surface area (Å²) >= 11 is 0. The monoisotopic (exact) mass is 330 g/mol. The summed E-state index contributed by atoms with van der Waals surface area (Å²) in [5.41, 5.74) is 3.24. The van der Waals surface area contributed by atoms with Crippen molar-refractivity contribution in [2.75, 3.05) is 5.32 Å². The Labute approximate surface area is 140 Å². The molecule has 0 bridgehead atoms. The Morgan fingerprint density at radius 1 is 1.33 bits per heavy atom. The van der Waals surface area contributed by atoms with Gasteiger partial charge in [0.15, 0.2) is 6.23 Å². The van der Waals surface area contributed by atoms with Gasteiger partial charge in [-0.25, -0.2) is 0 Å². The Morgan fingerprint density at radius 3 is 2.83 bits per heavy atom. The molecule has 2 aliphatic heterocycles. The number of hydrogen-bond donors (Lipinski definition) is 1. The largest absolute Gasteiger partial charge is 0.495 e. The minimum Gasteiger partial charge on any atom is -0.495 e. The number of epoxide rings is 1. The molecule has 1 fully saturated rings. The second-order valence-electron chi connectivity index (χ2n) is 6.54. The third kappa shape index (κ3) is 2.80. The van der Waals surface area contributed by atoms with Crippen LogP contribution in [0.1, 0.15) is 37.3 Å². The highest BCUT2D eigenvalue weighted by Crippen LogP contribution is 2.38. The van der Waals surface area contributed by atoms with Crippen LogP contribution in [0.3, 0.4) is 0 Å². The average Bonchev–Trinajstić information content (AvgIpc) is 2.81. The number of aryl methyl sites for hydroxylation is 2. The van der Waals surface area contributed by atoms with Crippen LogP contribution < -0.4 is 5.32 Å². The zero-order chi connectivity index (χ0) is 16.8. The molecule has 128 valence electrons. The van der Waals surface area contributed by atoms with Gasteiger partial charge in [-0.05, 0) is 27.7 Å². The molecule has 1 N–H and O–H groups in total. The van der Waals surface area contributed by atoms with E-state index in [1.54, 1.807) is 0 Å². The molecule has 1 saturated heterocycles. The van der Waals surface area contributed by atoms with E-state index < -0.39 is 0 Å². The Morgan fingerprint density at radius 2 is 2.17 bits per heavy atom. The summed E-state index contributed by atoms with van der Waals surface area (Å²) in [7, 11) is 0. The van der Waals surface area contributed by atoms with Crippen LogP contribution in [-0.4, -0.2) is 33.4 Å². The van der Waals surface area contributed by atoms with Gasteiger partial charge in [-0.2, -0.15) is 5.10 Å². The third-order valence-electron chi connectivity index (χ3n) is 4.60. The van der Waals surface area contributed by atoms with Crippen LogP contribution in [0.15, 0.2) is 28.1 Å². The minimum absolute atomic E-state index is 0.0220. The summed E-state index contributed by atoms with van der Waals surface area (Å²) in [6.07, 6.45) is 3.21. The number of ether oxygens (including phenoxy) is 2. The number of rotatable bonds is 5. The van der Waals surface area contributed by atoms with Gasteiger partial charge in [0.2, 0.25) is 0 Å². The van der Waals surface area contributed by atoms with Crippen molar-refractivity contribution in [3.05, 3.63) is 40.6 Å². The van der Waals surface area contributed by atoms with Gasteiger partial charge in [-0.15, -0.1) is 0 Å². The lowest BCUT2D eigenvalue weighted by Gasteiger charge is -2.01. The van der Waals surface area contributed by atoms with Crippen molar-refractivity contribution < 1.29 is 14.0 Å². The molecule has 0 spiro atoms. The predicted octanol–water partition coefficient (Wildman–Crippen LogP) is 2.76. The summed E-state index contributed by atoms with van der Waals surface area (Å²) in [4.78, 5) is 0. The molecule has 24 heavy (non-hydrogen) atoms. The molecule has 0 radical (unpaired) electrons. The zero-order valence-corrected chi connectivity index (χ0v) is 14.4. The van der Waals surface area contributed by atoms with Gasteiger partial charge in [0.05, 0.1) is 24.1 Å². The molecule has 0 aromatic carbocycles. The molecule has 2 aliphatic rings. The van der Waals surface area contributed by atoms with Crippen molar-refractivity contribution in [3.8, 4) is 0 Å². The van der Waals surface area contributed by atoms with Crippen LogP contribution in [0, 0.1) is 13.8 Å². The maximum atomic E-state index is 5.75. The van der Waals surface area contributed by atoms with Crippen LogP contribution in [0.25, 0.3) is 0 Å². The van der Waals surface area contributed by atoms with Gasteiger partial charge in [-0.3, -0.25) is 4.68 Å². The van der Waals surface area contributed by atoms with Crippen molar-refractivity contribution in [2.24, 2.45) is 0 Å². The van der Waals surface area contributed by atoms with E-state index in [-0.39, 0.29) is 18.4 Å². The number of anilines is 1. The van der Waals surface area contributed by atoms with Crippen molar-refractivity contribution in [1.82, 2.24) is 14.9 Å². The molecule has 7 heteroatoms. The van der Waals surface area contributed by atoms with Gasteiger partial charge < -0.3 is 19.3 Å². The molecule has 3 atom stereocenters. The molecular formula is C17H22N4O3. The molecule has 0 amide bonds. The van der Waals surface area contributed by atoms with Crippen molar-refractivity contribution in [2.45, 2.75) is 59.1 Å². The minimum atomic E-state index is -0.0220. The van der Waals surface area contributed by atoms with Gasteiger partial charge in [0, 0.05) is 29.8 Å². The molecule has 4 heterocycles. The van der Waals surface area contributed by atoms with E-state index in [1.165, 1.54) is 5.57 Å². The van der Waals surface area contributed by atoms with Crippen molar-refractivity contribution in [3.63, 3.8) is 0 Å². The smallest absolute Gasteiger partial charge is 0.160 e. The van der Waals surface area contributed by atoms with Gasteiger partial charge in [-0.1, -0.05) is 5.16 Å². The third-order valence-corrected chi connectivity index (χ3v) is 4.60. The summed E-state index contributed by atoms with van der Waals surface area (Å²) in [6, 6.07) is 1.95. The standard InChI is InChI=1S/C17H22N4O3/c1-9-7-13(11(3)22-9)16-17(23-16)18-15-5-6-21(19-15)8-14-10(2)20-24-12(14)4/h5-6,9,16-17H,7-8H2,1-4H3,(H,18,19). The van der Waals surface area contributed by atoms with E-state index in [0.29, 0.717) is 6.54 Å². The SMILES string of the molecule is CC1=C(C2OC2Nc2ccn(Cc3c(C)noc3C)n2)CC(C)O1. The van der Waals surface area contributed by atoms with E-state index in [9.17, 15) is 0 Å². The summed E-state index contributed by atoms with van der Waals surface area (Å²) in [6.45, 7) is 8.60. The highest BCUT2D eigenvalue weighted by molar-refractivity contribution is 5.38. The normalized spacial score (nSPS) is 25.9. The second-order valence-corrected chi connectivity index (χ2v) is 6.54. The summed E-state index contributed by atoms with van der Waals surface area (Å²) in [5.74, 6) is 2.64. The first kappa shape index (κ1) is 15.3. The van der Waals surface area contributed by atoms with Crippen LogP contribution in [0.2, 0.25) is 0 Å². The lowest BCUT2D eigenvalue weighted by atomic mass is 10.1. The molecule has 7 nitrogen and oxygen atoms in total. The number of allylic oxidation sites excluding steroid dienone is 1. The molecule has 2 aromatic heterocycles. The van der Waals surface area contributed by atoms with Crippen LogP contribution >= 0.6 is 0 Å². The second kappa shape index (κ2) is 5.66. The van der Waals surface area contributed by atoms with E-state index in [0.717, 1.165) is 35.0 Å². The Balaban J connectivity index is 1.38. The first-order valence-corrected chi connectivity index (χ1v) is 8.24. The topological polar surface area (TPSA) is 77.6 Å². The maximum Gasteiger partial charge on any atom is 0.160 e. The summed E-state index contributed by atoms with van der Waals surface area (Å²) in [5, 5.41) is 11.9. The fraction of sp³-hybridized carbons (Fsp3) is 0.529. The fourth-order valence-electron chi connectivity index (χ4n) is 3.24. The van der Waals surface area contributed by atoms with Crippen molar-refractivity contribution in [1.29, 1.82) is 0 Å².